The molecule has 0 aromatic carbocycles. The Balaban J connectivity index is 2.59. The highest BCUT2D eigenvalue weighted by Gasteiger charge is 2.17. The number of nitrogens with one attached hydrogen (secondary N) is 1. The number of carbonyl (C=O) groups excluding carboxylic acids is 1. The third kappa shape index (κ3) is 4.28. The van der Waals surface area contributed by atoms with E-state index in [1.54, 1.807) is 26.8 Å². The van der Waals surface area contributed by atoms with Crippen LogP contribution in [0.5, 0.6) is 0 Å². The lowest BCUT2D eigenvalue weighted by molar-refractivity contribution is 0.0636. The summed E-state index contributed by atoms with van der Waals surface area (Å²) in [7, 11) is 0. The van der Waals surface area contributed by atoms with Gasteiger partial charge in [-0.2, -0.15) is 0 Å². The molecule has 0 aliphatic rings. The molecule has 0 bridgehead atoms. The number of anilines is 1. The topological polar surface area (TPSA) is 38.3 Å². The number of hydrogen-bond donors (Lipinski definition) is 1. The Bertz CT molecular complexity index is 351. The summed E-state index contributed by atoms with van der Waals surface area (Å²) in [6.45, 7) is 5.38. The van der Waals surface area contributed by atoms with E-state index in [0.717, 1.165) is 0 Å². The number of thiophene rings is 1. The zero-order valence-corrected chi connectivity index (χ0v) is 10.9. The van der Waals surface area contributed by atoms with Gasteiger partial charge < -0.3 is 4.74 Å². The third-order valence-electron chi connectivity index (χ3n) is 1.27. The van der Waals surface area contributed by atoms with Gasteiger partial charge in [0.05, 0.1) is 5.02 Å². The van der Waals surface area contributed by atoms with Crippen LogP contribution in [0.1, 0.15) is 20.8 Å². The van der Waals surface area contributed by atoms with Crippen molar-refractivity contribution in [2.24, 2.45) is 0 Å². The van der Waals surface area contributed by atoms with Crippen LogP contribution in [-0.4, -0.2) is 11.7 Å². The first kappa shape index (κ1) is 12.6. The van der Waals surface area contributed by atoms with E-state index in [0.29, 0.717) is 14.4 Å². The molecular formula is C9H11Cl2NO2S. The van der Waals surface area contributed by atoms with Gasteiger partial charge in [-0.3, -0.25) is 5.32 Å². The molecule has 0 fully saturated rings. The lowest BCUT2D eigenvalue weighted by atomic mass is 10.2. The van der Waals surface area contributed by atoms with Gasteiger partial charge in [-0.1, -0.05) is 23.2 Å². The second-order valence-electron chi connectivity index (χ2n) is 3.86. The standard InChI is InChI=1S/C9H11Cl2NO2S/c1-9(2,3)14-8(13)12-6-4-5(10)7(11)15-6/h4H,1-3H3,(H,12,13). The average Bonchev–Trinajstić information content (AvgIpc) is 2.26. The fraction of sp³-hybridized carbons (Fsp3) is 0.444. The van der Waals surface area contributed by atoms with E-state index in [1.807, 2.05) is 0 Å². The Morgan fingerprint density at radius 1 is 1.47 bits per heavy atom. The van der Waals surface area contributed by atoms with Gasteiger partial charge in [0.25, 0.3) is 0 Å². The average molecular weight is 268 g/mol. The largest absolute Gasteiger partial charge is 0.444 e. The van der Waals surface area contributed by atoms with Crippen molar-refractivity contribution in [2.75, 3.05) is 5.32 Å². The van der Waals surface area contributed by atoms with Crippen molar-refractivity contribution < 1.29 is 9.53 Å². The fourth-order valence-corrected chi connectivity index (χ4v) is 2.07. The van der Waals surface area contributed by atoms with E-state index in [2.05, 4.69) is 5.32 Å². The van der Waals surface area contributed by atoms with Gasteiger partial charge in [0.2, 0.25) is 0 Å². The summed E-state index contributed by atoms with van der Waals surface area (Å²) in [5.41, 5.74) is -0.519. The van der Waals surface area contributed by atoms with Crippen LogP contribution in [0.2, 0.25) is 9.36 Å². The Morgan fingerprint density at radius 2 is 2.07 bits per heavy atom. The Kier molecular flexibility index (Phi) is 3.87. The smallest absolute Gasteiger partial charge is 0.412 e. The third-order valence-corrected chi connectivity index (χ3v) is 3.05. The van der Waals surface area contributed by atoms with E-state index in [-0.39, 0.29) is 0 Å². The molecule has 3 nitrogen and oxygen atoms in total. The summed E-state index contributed by atoms with van der Waals surface area (Å²) in [6, 6.07) is 1.58. The molecule has 1 aromatic heterocycles. The van der Waals surface area contributed by atoms with Gasteiger partial charge in [0.1, 0.15) is 14.9 Å². The Morgan fingerprint density at radius 3 is 2.47 bits per heavy atom. The van der Waals surface area contributed by atoms with Crippen molar-refractivity contribution in [3.8, 4) is 0 Å². The molecule has 0 atom stereocenters. The van der Waals surface area contributed by atoms with E-state index >= 15 is 0 Å². The first-order valence-corrected chi connectivity index (χ1v) is 5.80. The molecule has 0 aliphatic heterocycles. The number of rotatable bonds is 1. The molecule has 1 heterocycles. The first-order valence-electron chi connectivity index (χ1n) is 4.23. The van der Waals surface area contributed by atoms with E-state index < -0.39 is 11.7 Å². The molecule has 0 aliphatic carbocycles. The maximum Gasteiger partial charge on any atom is 0.412 e. The summed E-state index contributed by atoms with van der Waals surface area (Å²) >= 11 is 12.7. The molecule has 6 heteroatoms. The quantitative estimate of drug-likeness (QED) is 0.819. The second kappa shape index (κ2) is 4.60. The fourth-order valence-electron chi connectivity index (χ4n) is 0.812. The van der Waals surface area contributed by atoms with Crippen LogP contribution in [0, 0.1) is 0 Å². The summed E-state index contributed by atoms with van der Waals surface area (Å²) in [4.78, 5) is 11.3. The van der Waals surface area contributed by atoms with Crippen LogP contribution in [0.25, 0.3) is 0 Å². The number of carbonyl (C=O) groups is 1. The van der Waals surface area contributed by atoms with Crippen molar-refractivity contribution in [1.82, 2.24) is 0 Å². The Hall–Kier alpha value is -0.450. The Labute approximate surface area is 102 Å². The van der Waals surface area contributed by atoms with Crippen LogP contribution < -0.4 is 5.32 Å². The van der Waals surface area contributed by atoms with Crippen molar-refractivity contribution >= 4 is 45.6 Å². The molecule has 0 radical (unpaired) electrons. The highest BCUT2D eigenvalue weighted by molar-refractivity contribution is 7.20. The molecule has 0 unspecified atom stereocenters. The van der Waals surface area contributed by atoms with Crippen molar-refractivity contribution in [1.29, 1.82) is 0 Å². The molecule has 1 rings (SSSR count). The predicted molar refractivity (Wildman–Crippen MR) is 64.2 cm³/mol. The lowest BCUT2D eigenvalue weighted by Crippen LogP contribution is -2.26. The molecule has 1 aromatic rings. The molecular weight excluding hydrogens is 257 g/mol. The SMILES string of the molecule is CC(C)(C)OC(=O)Nc1cc(Cl)c(Cl)s1. The first-order chi connectivity index (χ1) is 6.78. The number of hydrogen-bond acceptors (Lipinski definition) is 3. The van der Waals surface area contributed by atoms with Crippen LogP contribution in [-0.2, 0) is 4.74 Å². The van der Waals surface area contributed by atoms with Crippen LogP contribution in [0.3, 0.4) is 0 Å². The van der Waals surface area contributed by atoms with Gasteiger partial charge in [0, 0.05) is 0 Å². The van der Waals surface area contributed by atoms with E-state index in [4.69, 9.17) is 27.9 Å². The summed E-state index contributed by atoms with van der Waals surface area (Å²) in [6.07, 6.45) is -0.517. The maximum atomic E-state index is 11.3. The zero-order valence-electron chi connectivity index (χ0n) is 8.56. The summed E-state index contributed by atoms with van der Waals surface area (Å²) in [5.74, 6) is 0. The minimum atomic E-state index is -0.519. The summed E-state index contributed by atoms with van der Waals surface area (Å²) < 4.78 is 5.51. The van der Waals surface area contributed by atoms with E-state index in [9.17, 15) is 4.79 Å². The normalized spacial score (nSPS) is 11.3. The number of halogens is 2. The van der Waals surface area contributed by atoms with Crippen LogP contribution >= 0.6 is 34.5 Å². The number of amides is 1. The molecule has 1 N–H and O–H groups in total. The minimum absolute atomic E-state index is 0.424. The maximum absolute atomic E-state index is 11.3. The zero-order chi connectivity index (χ0) is 11.6. The predicted octanol–water partition coefficient (Wildman–Crippen LogP) is 4.40. The molecule has 1 amide bonds. The molecule has 15 heavy (non-hydrogen) atoms. The molecule has 84 valence electrons. The van der Waals surface area contributed by atoms with Crippen molar-refractivity contribution in [3.63, 3.8) is 0 Å². The van der Waals surface area contributed by atoms with Gasteiger partial charge in [-0.15, -0.1) is 11.3 Å². The van der Waals surface area contributed by atoms with Crippen molar-refractivity contribution in [2.45, 2.75) is 26.4 Å². The lowest BCUT2D eigenvalue weighted by Gasteiger charge is -2.19. The van der Waals surface area contributed by atoms with Gasteiger partial charge in [0.15, 0.2) is 0 Å². The minimum Gasteiger partial charge on any atom is -0.444 e. The highest BCUT2D eigenvalue weighted by Crippen LogP contribution is 2.35. The summed E-state index contributed by atoms with van der Waals surface area (Å²) in [5, 5.41) is 3.54. The molecule has 0 spiro atoms. The molecule has 0 saturated carbocycles. The van der Waals surface area contributed by atoms with Gasteiger partial charge >= 0.3 is 6.09 Å². The highest BCUT2D eigenvalue weighted by atomic mass is 35.5. The van der Waals surface area contributed by atoms with Crippen LogP contribution in [0.15, 0.2) is 6.07 Å². The second-order valence-corrected chi connectivity index (χ2v) is 5.92. The van der Waals surface area contributed by atoms with Crippen molar-refractivity contribution in [3.05, 3.63) is 15.4 Å². The monoisotopic (exact) mass is 267 g/mol. The van der Waals surface area contributed by atoms with Gasteiger partial charge in [-0.25, -0.2) is 4.79 Å². The molecule has 0 saturated heterocycles. The van der Waals surface area contributed by atoms with E-state index in [1.165, 1.54) is 11.3 Å². The van der Waals surface area contributed by atoms with Gasteiger partial charge in [-0.05, 0) is 26.8 Å². The van der Waals surface area contributed by atoms with Crippen LogP contribution in [0.4, 0.5) is 9.80 Å². The number of ether oxygens (including phenoxy) is 1.